The van der Waals surface area contributed by atoms with Crippen molar-refractivity contribution in [3.8, 4) is 11.1 Å². The van der Waals surface area contributed by atoms with Crippen LogP contribution in [0.4, 0.5) is 4.39 Å². The molecular formula is C23H26FN3O. The molecule has 0 aliphatic carbocycles. The van der Waals surface area contributed by atoms with Crippen molar-refractivity contribution in [2.45, 2.75) is 20.4 Å². The van der Waals surface area contributed by atoms with E-state index in [2.05, 4.69) is 30.7 Å². The van der Waals surface area contributed by atoms with Crippen molar-refractivity contribution in [2.75, 3.05) is 6.54 Å². The minimum atomic E-state index is -0.284. The van der Waals surface area contributed by atoms with E-state index in [1.165, 1.54) is 18.2 Å². The molecule has 0 aliphatic heterocycles. The Bertz CT molecular complexity index is 883. The molecule has 28 heavy (non-hydrogen) atoms. The predicted molar refractivity (Wildman–Crippen MR) is 114 cm³/mol. The van der Waals surface area contributed by atoms with E-state index < -0.39 is 0 Å². The van der Waals surface area contributed by atoms with E-state index in [0.717, 1.165) is 28.8 Å². The Balaban J connectivity index is 2.37. The van der Waals surface area contributed by atoms with Gasteiger partial charge >= 0.3 is 0 Å². The highest BCUT2D eigenvalue weighted by molar-refractivity contribution is 5.87. The molecule has 0 bridgehead atoms. The number of nitrogens with two attached hydrogens (primary N) is 1. The minimum Gasteiger partial charge on any atom is -0.398 e. The molecule has 0 saturated carbocycles. The van der Waals surface area contributed by atoms with Crippen LogP contribution in [0.2, 0.25) is 0 Å². The van der Waals surface area contributed by atoms with E-state index in [1.807, 2.05) is 18.2 Å². The number of hydrogen-bond donors (Lipinski definition) is 2. The van der Waals surface area contributed by atoms with E-state index in [4.69, 9.17) is 5.73 Å². The zero-order valence-electron chi connectivity index (χ0n) is 16.3. The lowest BCUT2D eigenvalue weighted by Crippen LogP contribution is -2.21. The summed E-state index contributed by atoms with van der Waals surface area (Å²) in [6.07, 6.45) is 4.68. The predicted octanol–water partition coefficient (Wildman–Crippen LogP) is 4.32. The van der Waals surface area contributed by atoms with Gasteiger partial charge in [-0.05, 0) is 53.0 Å². The van der Waals surface area contributed by atoms with E-state index in [0.29, 0.717) is 18.2 Å². The van der Waals surface area contributed by atoms with Crippen LogP contribution in [0.5, 0.6) is 0 Å². The highest BCUT2D eigenvalue weighted by atomic mass is 19.1. The summed E-state index contributed by atoms with van der Waals surface area (Å²) in [6.45, 7) is 8.69. The fraction of sp³-hybridized carbons (Fsp3) is 0.217. The van der Waals surface area contributed by atoms with Crippen LogP contribution in [-0.4, -0.2) is 18.7 Å². The van der Waals surface area contributed by atoms with Gasteiger partial charge in [-0.3, -0.25) is 9.79 Å². The molecule has 0 heterocycles. The lowest BCUT2D eigenvalue weighted by Gasteiger charge is -2.13. The lowest BCUT2D eigenvalue weighted by atomic mass is 9.97. The highest BCUT2D eigenvalue weighted by Gasteiger charge is 2.09. The van der Waals surface area contributed by atoms with Gasteiger partial charge < -0.3 is 11.1 Å². The number of hydrogen-bond acceptors (Lipinski definition) is 3. The number of aliphatic imine (C=N–C) groups is 1. The number of carbonyl (C=O) groups is 1. The smallest absolute Gasteiger partial charge is 0.243 e. The molecule has 146 valence electrons. The number of halogens is 1. The Morgan fingerprint density at radius 3 is 2.54 bits per heavy atom. The molecule has 5 heteroatoms. The van der Waals surface area contributed by atoms with Crippen LogP contribution in [0.1, 0.15) is 25.0 Å². The number of amides is 1. The van der Waals surface area contributed by atoms with Crippen LogP contribution in [-0.2, 0) is 11.3 Å². The first kappa shape index (κ1) is 21.1. The van der Waals surface area contributed by atoms with Gasteiger partial charge in [-0.15, -0.1) is 0 Å². The second-order valence-corrected chi connectivity index (χ2v) is 6.83. The SMILES string of the molecule is C=CC(=O)NCc1ccc(-c2ccc(F)cc2)cc1C(N)=CC=NCC(C)C. The summed E-state index contributed by atoms with van der Waals surface area (Å²) < 4.78 is 13.2. The molecule has 2 aromatic rings. The Morgan fingerprint density at radius 1 is 1.21 bits per heavy atom. The third-order valence-electron chi connectivity index (χ3n) is 4.07. The van der Waals surface area contributed by atoms with Crippen LogP contribution in [0.15, 0.2) is 66.2 Å². The molecule has 0 fully saturated rings. The first-order valence-electron chi connectivity index (χ1n) is 9.15. The van der Waals surface area contributed by atoms with Crippen molar-refractivity contribution in [2.24, 2.45) is 16.6 Å². The van der Waals surface area contributed by atoms with Gasteiger partial charge in [0.2, 0.25) is 5.91 Å². The van der Waals surface area contributed by atoms with E-state index in [1.54, 1.807) is 24.4 Å². The summed E-state index contributed by atoms with van der Waals surface area (Å²) in [5.74, 6) is -0.0690. The molecule has 0 spiro atoms. The van der Waals surface area contributed by atoms with Crippen LogP contribution in [0.3, 0.4) is 0 Å². The molecule has 0 aliphatic rings. The van der Waals surface area contributed by atoms with Gasteiger partial charge in [0.1, 0.15) is 5.82 Å². The number of rotatable bonds is 8. The number of allylic oxidation sites excluding steroid dienone is 1. The maximum atomic E-state index is 13.2. The van der Waals surface area contributed by atoms with Crippen molar-refractivity contribution < 1.29 is 9.18 Å². The standard InChI is InChI=1S/C23H26FN3O/c1-4-23(28)27-15-19-6-5-18(17-7-9-20(24)10-8-17)13-21(19)22(25)11-12-26-14-16(2)3/h4-13,16H,1,14-15,25H2,2-3H3,(H,27,28). The summed E-state index contributed by atoms with van der Waals surface area (Å²) in [6, 6.07) is 12.0. The molecule has 2 aromatic carbocycles. The fourth-order valence-corrected chi connectivity index (χ4v) is 2.57. The zero-order chi connectivity index (χ0) is 20.5. The van der Waals surface area contributed by atoms with Crippen LogP contribution >= 0.6 is 0 Å². The summed E-state index contributed by atoms with van der Waals surface area (Å²) in [5.41, 5.74) is 10.3. The van der Waals surface area contributed by atoms with Crippen LogP contribution in [0.25, 0.3) is 16.8 Å². The molecule has 0 aromatic heterocycles. The maximum absolute atomic E-state index is 13.2. The average molecular weight is 379 g/mol. The van der Waals surface area contributed by atoms with Gasteiger partial charge in [-0.1, -0.05) is 44.7 Å². The van der Waals surface area contributed by atoms with E-state index >= 15 is 0 Å². The first-order chi connectivity index (χ1) is 13.4. The molecule has 0 unspecified atom stereocenters. The third-order valence-corrected chi connectivity index (χ3v) is 4.07. The maximum Gasteiger partial charge on any atom is 0.243 e. The Morgan fingerprint density at radius 2 is 1.89 bits per heavy atom. The largest absolute Gasteiger partial charge is 0.398 e. The number of carbonyl (C=O) groups excluding carboxylic acids is 1. The lowest BCUT2D eigenvalue weighted by molar-refractivity contribution is -0.116. The monoisotopic (exact) mass is 379 g/mol. The quantitative estimate of drug-likeness (QED) is 0.530. The Hall–Kier alpha value is -3.21. The summed E-state index contributed by atoms with van der Waals surface area (Å²) in [5, 5.41) is 2.77. The van der Waals surface area contributed by atoms with Gasteiger partial charge in [-0.25, -0.2) is 4.39 Å². The topological polar surface area (TPSA) is 67.5 Å². The summed E-state index contributed by atoms with van der Waals surface area (Å²) in [7, 11) is 0. The second kappa shape index (κ2) is 10.2. The number of nitrogens with zero attached hydrogens (tertiary/aromatic N) is 1. The minimum absolute atomic E-state index is 0.255. The molecule has 0 radical (unpaired) electrons. The Kier molecular flexibility index (Phi) is 7.69. The second-order valence-electron chi connectivity index (χ2n) is 6.83. The molecule has 0 saturated heterocycles. The number of nitrogens with one attached hydrogen (secondary N) is 1. The van der Waals surface area contributed by atoms with Crippen LogP contribution < -0.4 is 11.1 Å². The molecule has 1 amide bonds. The van der Waals surface area contributed by atoms with Crippen molar-refractivity contribution in [3.63, 3.8) is 0 Å². The van der Waals surface area contributed by atoms with Crippen molar-refractivity contribution in [1.29, 1.82) is 0 Å². The van der Waals surface area contributed by atoms with Crippen LogP contribution in [0, 0.1) is 11.7 Å². The van der Waals surface area contributed by atoms with Gasteiger partial charge in [0.25, 0.3) is 0 Å². The molecular weight excluding hydrogens is 353 g/mol. The van der Waals surface area contributed by atoms with Crippen molar-refractivity contribution in [1.82, 2.24) is 5.32 Å². The van der Waals surface area contributed by atoms with E-state index in [9.17, 15) is 9.18 Å². The molecule has 0 atom stereocenters. The fourth-order valence-electron chi connectivity index (χ4n) is 2.57. The van der Waals surface area contributed by atoms with Crippen molar-refractivity contribution >= 4 is 17.8 Å². The molecule has 4 nitrogen and oxygen atoms in total. The van der Waals surface area contributed by atoms with E-state index in [-0.39, 0.29) is 11.7 Å². The molecule has 3 N–H and O–H groups in total. The third kappa shape index (κ3) is 6.20. The van der Waals surface area contributed by atoms with Gasteiger partial charge in [0.15, 0.2) is 0 Å². The Labute approximate surface area is 165 Å². The average Bonchev–Trinajstić information content (AvgIpc) is 2.69. The number of benzene rings is 2. The summed E-state index contributed by atoms with van der Waals surface area (Å²) >= 11 is 0. The van der Waals surface area contributed by atoms with Crippen molar-refractivity contribution in [3.05, 3.63) is 78.1 Å². The van der Waals surface area contributed by atoms with Gasteiger partial charge in [-0.2, -0.15) is 0 Å². The molecule has 2 rings (SSSR count). The first-order valence-corrected chi connectivity index (χ1v) is 9.15. The van der Waals surface area contributed by atoms with Gasteiger partial charge in [0, 0.05) is 30.6 Å². The normalized spacial score (nSPS) is 11.8. The zero-order valence-corrected chi connectivity index (χ0v) is 16.3. The summed E-state index contributed by atoms with van der Waals surface area (Å²) in [4.78, 5) is 15.9. The van der Waals surface area contributed by atoms with Gasteiger partial charge in [0.05, 0.1) is 0 Å². The highest BCUT2D eigenvalue weighted by Crippen LogP contribution is 2.25.